The molecule has 78 valence electrons. The van der Waals surface area contributed by atoms with E-state index in [0.717, 1.165) is 5.69 Å². The van der Waals surface area contributed by atoms with Gasteiger partial charge in [-0.15, -0.1) is 0 Å². The first kappa shape index (κ1) is 10.2. The van der Waals surface area contributed by atoms with Gasteiger partial charge in [-0.3, -0.25) is 5.10 Å². The minimum atomic E-state index is -1.26. The average Bonchev–Trinajstić information content (AvgIpc) is 2.67. The first-order chi connectivity index (χ1) is 7.07. The van der Waals surface area contributed by atoms with Crippen LogP contribution in [-0.2, 0) is 0 Å². The minimum Gasteiger partial charge on any atom is -0.286 e. The summed E-state index contributed by atoms with van der Waals surface area (Å²) < 4.78 is 0. The van der Waals surface area contributed by atoms with Crippen molar-refractivity contribution in [2.75, 3.05) is 0 Å². The Balaban J connectivity index is 2.37. The normalized spacial score (nSPS) is 11.7. The van der Waals surface area contributed by atoms with Crippen LogP contribution in [0.4, 0.5) is 0 Å². The number of rotatable bonds is 2. The highest BCUT2D eigenvalue weighted by Gasteiger charge is 2.19. The van der Waals surface area contributed by atoms with Crippen molar-refractivity contribution in [1.29, 1.82) is 0 Å². The van der Waals surface area contributed by atoms with Crippen molar-refractivity contribution in [2.45, 2.75) is 19.6 Å². The molecule has 0 unspecified atom stereocenters. The van der Waals surface area contributed by atoms with Gasteiger partial charge in [0.15, 0.2) is 0 Å². The van der Waals surface area contributed by atoms with Gasteiger partial charge in [0.05, 0.1) is 5.69 Å². The van der Waals surface area contributed by atoms with Crippen LogP contribution in [0.25, 0.3) is 11.3 Å². The summed E-state index contributed by atoms with van der Waals surface area (Å²) in [5.41, 5.74) is 2.23. The van der Waals surface area contributed by atoms with E-state index in [-0.39, 0.29) is 0 Å². The quantitative estimate of drug-likeness (QED) is 0.768. The Hall–Kier alpha value is -1.35. The number of aromatic nitrogens is 2. The third kappa shape index (κ3) is 2.18. The molecule has 0 amide bonds. The fraction of sp³-hybridized carbons (Fsp3) is 0.250. The van der Waals surface area contributed by atoms with E-state index in [1.165, 1.54) is 10.9 Å². The van der Waals surface area contributed by atoms with Crippen LogP contribution in [0, 0.1) is 0 Å². The molecule has 0 aliphatic carbocycles. The maximum atomic E-state index is 4.36. The van der Waals surface area contributed by atoms with Crippen LogP contribution in [0.5, 0.6) is 0 Å². The summed E-state index contributed by atoms with van der Waals surface area (Å²) in [6, 6.07) is 12.5. The molecule has 2 aromatic rings. The SMILES string of the molecule is C[Si](C)(C)c1cc(-c2ccccc2)n[nH]1. The van der Waals surface area contributed by atoms with Crippen LogP contribution < -0.4 is 5.32 Å². The second kappa shape index (κ2) is 3.66. The van der Waals surface area contributed by atoms with Gasteiger partial charge in [-0.1, -0.05) is 50.0 Å². The highest BCUT2D eigenvalue weighted by molar-refractivity contribution is 6.88. The zero-order chi connectivity index (χ0) is 10.9. The van der Waals surface area contributed by atoms with Crippen LogP contribution in [0.2, 0.25) is 19.6 Å². The second-order valence-corrected chi connectivity index (χ2v) is 9.82. The molecule has 0 fully saturated rings. The number of nitrogens with zero attached hydrogens (tertiary/aromatic N) is 1. The van der Waals surface area contributed by atoms with E-state index >= 15 is 0 Å². The third-order valence-corrected chi connectivity index (χ3v) is 4.33. The lowest BCUT2D eigenvalue weighted by atomic mass is 10.2. The molecule has 0 spiro atoms. The molecule has 1 N–H and O–H groups in total. The van der Waals surface area contributed by atoms with E-state index in [9.17, 15) is 0 Å². The van der Waals surface area contributed by atoms with Gasteiger partial charge in [0, 0.05) is 10.9 Å². The van der Waals surface area contributed by atoms with Crippen molar-refractivity contribution in [3.63, 3.8) is 0 Å². The number of hydrogen-bond donors (Lipinski definition) is 1. The minimum absolute atomic E-state index is 1.05. The van der Waals surface area contributed by atoms with Gasteiger partial charge < -0.3 is 0 Å². The Labute approximate surface area is 91.4 Å². The molecule has 1 heterocycles. The number of hydrogen-bond acceptors (Lipinski definition) is 1. The standard InChI is InChI=1S/C12H16N2Si/c1-15(2,3)12-9-11(13-14-12)10-7-5-4-6-8-10/h4-9H,1-3H3,(H,13,14). The summed E-state index contributed by atoms with van der Waals surface area (Å²) in [6.07, 6.45) is 0. The number of H-pyrrole nitrogens is 1. The third-order valence-electron chi connectivity index (χ3n) is 2.46. The molecule has 0 saturated heterocycles. The largest absolute Gasteiger partial charge is 0.286 e. The Morgan fingerprint density at radius 2 is 1.73 bits per heavy atom. The molecule has 3 heteroatoms. The number of benzene rings is 1. The van der Waals surface area contributed by atoms with Gasteiger partial charge in [0.1, 0.15) is 8.07 Å². The van der Waals surface area contributed by atoms with Crippen LogP contribution in [-0.4, -0.2) is 18.3 Å². The highest BCUT2D eigenvalue weighted by atomic mass is 28.3. The smallest absolute Gasteiger partial charge is 0.100 e. The van der Waals surface area contributed by atoms with Crippen LogP contribution in [0.3, 0.4) is 0 Å². The maximum absolute atomic E-state index is 4.36. The average molecular weight is 216 g/mol. The monoisotopic (exact) mass is 216 g/mol. The van der Waals surface area contributed by atoms with Gasteiger partial charge >= 0.3 is 0 Å². The maximum Gasteiger partial charge on any atom is 0.100 e. The first-order valence-corrected chi connectivity index (χ1v) is 8.69. The lowest BCUT2D eigenvalue weighted by Crippen LogP contribution is -2.38. The predicted octanol–water partition coefficient (Wildman–Crippen LogP) is 2.62. The van der Waals surface area contributed by atoms with Crippen LogP contribution in [0.1, 0.15) is 0 Å². The zero-order valence-corrected chi connectivity index (χ0v) is 10.4. The molecular weight excluding hydrogens is 200 g/mol. The number of aromatic amines is 1. The summed E-state index contributed by atoms with van der Waals surface area (Å²) in [7, 11) is -1.26. The summed E-state index contributed by atoms with van der Waals surface area (Å²) in [4.78, 5) is 0. The van der Waals surface area contributed by atoms with Crippen LogP contribution in [0.15, 0.2) is 36.4 Å². The summed E-state index contributed by atoms with van der Waals surface area (Å²) in [6.45, 7) is 6.94. The van der Waals surface area contributed by atoms with E-state index < -0.39 is 8.07 Å². The molecule has 2 rings (SSSR count). The lowest BCUT2D eigenvalue weighted by Gasteiger charge is -2.11. The van der Waals surface area contributed by atoms with Crippen molar-refractivity contribution in [2.24, 2.45) is 0 Å². The van der Waals surface area contributed by atoms with Gasteiger partial charge in [0.2, 0.25) is 0 Å². The predicted molar refractivity (Wildman–Crippen MR) is 67.0 cm³/mol. The molecular formula is C12H16N2Si. The van der Waals surface area contributed by atoms with Crippen molar-refractivity contribution >= 4 is 13.4 Å². The van der Waals surface area contributed by atoms with Gasteiger partial charge in [-0.05, 0) is 6.07 Å². The van der Waals surface area contributed by atoms with Crippen molar-refractivity contribution in [1.82, 2.24) is 10.2 Å². The molecule has 1 aromatic heterocycles. The topological polar surface area (TPSA) is 28.7 Å². The van der Waals surface area contributed by atoms with Crippen molar-refractivity contribution in [3.8, 4) is 11.3 Å². The molecule has 0 atom stereocenters. The summed E-state index contributed by atoms with van der Waals surface area (Å²) >= 11 is 0. The van der Waals surface area contributed by atoms with E-state index in [0.29, 0.717) is 0 Å². The number of nitrogens with one attached hydrogen (secondary N) is 1. The Kier molecular flexibility index (Phi) is 2.48. The first-order valence-electron chi connectivity index (χ1n) is 5.19. The molecule has 1 aromatic carbocycles. The summed E-state index contributed by atoms with van der Waals surface area (Å²) in [5, 5.41) is 8.83. The molecule has 0 saturated carbocycles. The van der Waals surface area contributed by atoms with E-state index in [4.69, 9.17) is 0 Å². The van der Waals surface area contributed by atoms with Crippen molar-refractivity contribution in [3.05, 3.63) is 36.4 Å². The second-order valence-electron chi connectivity index (χ2n) is 4.78. The Bertz CT molecular complexity index is 440. The van der Waals surface area contributed by atoms with Crippen LogP contribution >= 0.6 is 0 Å². The summed E-state index contributed by atoms with van der Waals surface area (Å²) in [5.74, 6) is 0. The van der Waals surface area contributed by atoms with E-state index in [1.807, 2.05) is 18.2 Å². The Morgan fingerprint density at radius 1 is 1.07 bits per heavy atom. The molecule has 0 aliphatic rings. The van der Waals surface area contributed by atoms with Gasteiger partial charge in [0.25, 0.3) is 0 Å². The molecule has 0 radical (unpaired) electrons. The highest BCUT2D eigenvalue weighted by Crippen LogP contribution is 2.15. The fourth-order valence-corrected chi connectivity index (χ4v) is 2.42. The fourth-order valence-electron chi connectivity index (χ4n) is 1.46. The Morgan fingerprint density at radius 3 is 2.27 bits per heavy atom. The van der Waals surface area contributed by atoms with E-state index in [2.05, 4.69) is 48.0 Å². The van der Waals surface area contributed by atoms with E-state index in [1.54, 1.807) is 0 Å². The van der Waals surface area contributed by atoms with Gasteiger partial charge in [-0.2, -0.15) is 5.10 Å². The van der Waals surface area contributed by atoms with Crippen molar-refractivity contribution < 1.29 is 0 Å². The molecule has 15 heavy (non-hydrogen) atoms. The lowest BCUT2D eigenvalue weighted by molar-refractivity contribution is 1.11. The zero-order valence-electron chi connectivity index (χ0n) is 9.41. The van der Waals surface area contributed by atoms with Gasteiger partial charge in [-0.25, -0.2) is 0 Å². The molecule has 0 aliphatic heterocycles. The molecule has 0 bridgehead atoms. The molecule has 2 nitrogen and oxygen atoms in total.